The molecule has 1 atom stereocenters. The normalized spacial score (nSPS) is 12.7. The molecule has 6 nitrogen and oxygen atoms in total. The zero-order valence-electron chi connectivity index (χ0n) is 18.3. The summed E-state index contributed by atoms with van der Waals surface area (Å²) >= 11 is 14.0. The van der Waals surface area contributed by atoms with Crippen LogP contribution >= 0.6 is 35.0 Å². The van der Waals surface area contributed by atoms with E-state index in [9.17, 15) is 19.2 Å². The summed E-state index contributed by atoms with van der Waals surface area (Å²) in [5, 5.41) is 17.6. The fourth-order valence-electron chi connectivity index (χ4n) is 3.97. The van der Waals surface area contributed by atoms with Crippen LogP contribution in [0.2, 0.25) is 10.0 Å². The van der Waals surface area contributed by atoms with E-state index in [4.69, 9.17) is 23.2 Å². The summed E-state index contributed by atoms with van der Waals surface area (Å²) in [5.41, 5.74) is 2.95. The second kappa shape index (κ2) is 9.78. The summed E-state index contributed by atoms with van der Waals surface area (Å²) in [6.07, 6.45) is 0. The number of halogens is 3. The van der Waals surface area contributed by atoms with Crippen LogP contribution in [0.4, 0.5) is 10.1 Å². The van der Waals surface area contributed by atoms with Crippen LogP contribution in [0.25, 0.3) is 16.9 Å². The highest BCUT2D eigenvalue weighted by Crippen LogP contribution is 2.44. The van der Waals surface area contributed by atoms with Gasteiger partial charge in [-0.05, 0) is 48.5 Å². The molecule has 1 amide bonds. The molecule has 1 N–H and O–H groups in total. The summed E-state index contributed by atoms with van der Waals surface area (Å²) in [4.78, 5) is 27.4. The molecule has 0 fully saturated rings. The molecule has 36 heavy (non-hydrogen) atoms. The van der Waals surface area contributed by atoms with Crippen molar-refractivity contribution in [2.24, 2.45) is 5.92 Å². The predicted molar refractivity (Wildman–Crippen MR) is 137 cm³/mol. The molecule has 2 heterocycles. The van der Waals surface area contributed by atoms with E-state index in [0.717, 1.165) is 10.5 Å². The van der Waals surface area contributed by atoms with Gasteiger partial charge in [0.1, 0.15) is 11.5 Å². The van der Waals surface area contributed by atoms with E-state index in [1.807, 2.05) is 24.3 Å². The van der Waals surface area contributed by atoms with Gasteiger partial charge in [0.2, 0.25) is 11.7 Å². The lowest BCUT2D eigenvalue weighted by atomic mass is 9.97. The number of nitrogens with one attached hydrogen (secondary N) is 1. The van der Waals surface area contributed by atoms with E-state index in [-0.39, 0.29) is 11.4 Å². The minimum atomic E-state index is -1.66. The van der Waals surface area contributed by atoms with Gasteiger partial charge in [-0.25, -0.2) is 9.07 Å². The van der Waals surface area contributed by atoms with Crippen molar-refractivity contribution in [1.29, 1.82) is 5.26 Å². The predicted octanol–water partition coefficient (Wildman–Crippen LogP) is 6.55. The third-order valence-electron chi connectivity index (χ3n) is 5.59. The number of ketones is 1. The Morgan fingerprint density at radius 2 is 1.78 bits per heavy atom. The molecule has 0 spiro atoms. The van der Waals surface area contributed by atoms with Gasteiger partial charge in [-0.3, -0.25) is 9.59 Å². The number of fused-ring (bicyclic) bond motifs is 3. The van der Waals surface area contributed by atoms with Gasteiger partial charge in [-0.2, -0.15) is 10.4 Å². The maximum atomic E-state index is 13.5. The first-order chi connectivity index (χ1) is 17.4. The number of nitrogens with zero attached hydrogens (tertiary/aromatic N) is 3. The van der Waals surface area contributed by atoms with Gasteiger partial charge in [0.15, 0.2) is 5.92 Å². The highest BCUT2D eigenvalue weighted by Gasteiger charge is 2.35. The lowest BCUT2D eigenvalue weighted by Gasteiger charge is -2.18. The van der Waals surface area contributed by atoms with Crippen molar-refractivity contribution >= 4 is 52.3 Å². The molecule has 1 aliphatic rings. The summed E-state index contributed by atoms with van der Waals surface area (Å²) < 4.78 is 14.8. The molecule has 3 aromatic carbocycles. The molecule has 0 aliphatic carbocycles. The van der Waals surface area contributed by atoms with Crippen LogP contribution < -0.4 is 5.32 Å². The zero-order chi connectivity index (χ0) is 25.4. The van der Waals surface area contributed by atoms with Crippen molar-refractivity contribution in [1.82, 2.24) is 9.78 Å². The number of benzene rings is 3. The van der Waals surface area contributed by atoms with Crippen LogP contribution in [-0.2, 0) is 10.5 Å². The highest BCUT2D eigenvalue weighted by molar-refractivity contribution is 7.98. The van der Waals surface area contributed by atoms with Crippen LogP contribution in [0.15, 0.2) is 71.6 Å². The first-order valence-electron chi connectivity index (χ1n) is 10.7. The van der Waals surface area contributed by atoms with Gasteiger partial charge in [0.05, 0.1) is 17.5 Å². The molecule has 0 bridgehead atoms. The monoisotopic (exact) mass is 536 g/mol. The Morgan fingerprint density at radius 3 is 2.47 bits per heavy atom. The lowest BCUT2D eigenvalue weighted by molar-refractivity contribution is -0.117. The number of anilines is 1. The molecule has 5 rings (SSSR count). The van der Waals surface area contributed by atoms with E-state index in [0.29, 0.717) is 32.7 Å². The largest absolute Gasteiger partial charge is 0.325 e. The first-order valence-corrected chi connectivity index (χ1v) is 12.4. The number of hydrogen-bond donors (Lipinski definition) is 1. The number of Topliss-reactive ketones (excluding diaryl/α,β-unsaturated/α-hetero) is 1. The Hall–Kier alpha value is -3.64. The molecule has 0 saturated heterocycles. The smallest absolute Gasteiger partial charge is 0.249 e. The molecule has 10 heteroatoms. The van der Waals surface area contributed by atoms with Crippen molar-refractivity contribution in [2.45, 2.75) is 10.6 Å². The zero-order valence-corrected chi connectivity index (χ0v) is 20.7. The van der Waals surface area contributed by atoms with Crippen molar-refractivity contribution in [2.75, 3.05) is 5.32 Å². The first kappa shape index (κ1) is 24.1. The quantitative estimate of drug-likeness (QED) is 0.230. The van der Waals surface area contributed by atoms with Gasteiger partial charge < -0.3 is 5.32 Å². The second-order valence-electron chi connectivity index (χ2n) is 7.92. The van der Waals surface area contributed by atoms with Gasteiger partial charge in [0.25, 0.3) is 0 Å². The molecule has 0 radical (unpaired) electrons. The second-order valence-corrected chi connectivity index (χ2v) is 9.81. The third-order valence-corrected chi connectivity index (χ3v) is 7.12. The molecule has 0 saturated carbocycles. The number of hydrogen-bond acceptors (Lipinski definition) is 5. The summed E-state index contributed by atoms with van der Waals surface area (Å²) in [5.74, 6) is -3.28. The summed E-state index contributed by atoms with van der Waals surface area (Å²) in [7, 11) is 0. The molecule has 1 aromatic heterocycles. The fourth-order valence-corrected chi connectivity index (χ4v) is 5.55. The standard InChI is InChI=1S/C26H15Cl2FN4O2S/c27-14-9-15(28)11-18(10-14)33-24-19-3-1-2-4-22(19)36-13-21(24)23(32-33)25(34)20(12-30)26(35)31-17-7-5-16(29)6-8-17/h1-11,20H,13H2,(H,31,35). The van der Waals surface area contributed by atoms with E-state index < -0.39 is 23.4 Å². The van der Waals surface area contributed by atoms with Crippen LogP contribution in [0.3, 0.4) is 0 Å². The van der Waals surface area contributed by atoms with Gasteiger partial charge >= 0.3 is 0 Å². The van der Waals surface area contributed by atoms with Crippen molar-refractivity contribution in [3.05, 3.63) is 93.8 Å². The van der Waals surface area contributed by atoms with Crippen molar-refractivity contribution < 1.29 is 14.0 Å². The number of amides is 1. The number of rotatable bonds is 5. The summed E-state index contributed by atoms with van der Waals surface area (Å²) in [6, 6.07) is 19.4. The number of carbonyl (C=O) groups is 2. The van der Waals surface area contributed by atoms with Crippen LogP contribution in [0, 0.1) is 23.1 Å². The van der Waals surface area contributed by atoms with Crippen LogP contribution in [0.1, 0.15) is 16.1 Å². The minimum Gasteiger partial charge on any atom is -0.325 e. The minimum absolute atomic E-state index is 0.0175. The topological polar surface area (TPSA) is 87.8 Å². The van der Waals surface area contributed by atoms with Crippen molar-refractivity contribution in [3.8, 4) is 23.0 Å². The van der Waals surface area contributed by atoms with Crippen LogP contribution in [0.5, 0.6) is 0 Å². The maximum Gasteiger partial charge on any atom is 0.249 e. The Balaban J connectivity index is 1.60. The average Bonchev–Trinajstić information content (AvgIpc) is 3.26. The number of nitriles is 1. The molecule has 1 aliphatic heterocycles. The van der Waals surface area contributed by atoms with E-state index in [1.54, 1.807) is 29.0 Å². The SMILES string of the molecule is N#CC(C(=O)Nc1ccc(F)cc1)C(=O)c1nn(-c2cc(Cl)cc(Cl)c2)c2c1CSc1ccccc1-2. The molecule has 178 valence electrons. The molecule has 4 aromatic rings. The average molecular weight is 537 g/mol. The van der Waals surface area contributed by atoms with Gasteiger partial charge in [-0.15, -0.1) is 11.8 Å². The molecular formula is C26H15Cl2FN4O2S. The Kier molecular flexibility index (Phi) is 6.54. The Bertz CT molecular complexity index is 1540. The number of carbonyl (C=O) groups excluding carboxylic acids is 2. The van der Waals surface area contributed by atoms with Gasteiger partial charge in [-0.1, -0.05) is 41.4 Å². The van der Waals surface area contributed by atoms with Gasteiger partial charge in [0, 0.05) is 37.5 Å². The third kappa shape index (κ3) is 4.49. The molecule has 1 unspecified atom stereocenters. The highest BCUT2D eigenvalue weighted by atomic mass is 35.5. The maximum absolute atomic E-state index is 13.5. The fraction of sp³-hybridized carbons (Fsp3) is 0.0769. The van der Waals surface area contributed by atoms with E-state index in [1.165, 1.54) is 36.0 Å². The Labute approximate surface area is 219 Å². The van der Waals surface area contributed by atoms with Crippen LogP contribution in [-0.4, -0.2) is 21.5 Å². The van der Waals surface area contributed by atoms with E-state index in [2.05, 4.69) is 10.4 Å². The summed E-state index contributed by atoms with van der Waals surface area (Å²) in [6.45, 7) is 0. The number of aromatic nitrogens is 2. The molecular weight excluding hydrogens is 522 g/mol. The number of thioether (sulfide) groups is 1. The lowest BCUT2D eigenvalue weighted by Crippen LogP contribution is -2.29. The van der Waals surface area contributed by atoms with Crippen molar-refractivity contribution in [3.63, 3.8) is 0 Å². The van der Waals surface area contributed by atoms with E-state index >= 15 is 0 Å². The Morgan fingerprint density at radius 1 is 1.08 bits per heavy atom.